The molecular weight excluding hydrogens is 228 g/mol. The van der Waals surface area contributed by atoms with Crippen LogP contribution in [0.1, 0.15) is 36.0 Å². The zero-order valence-electron chi connectivity index (χ0n) is 10.4. The van der Waals surface area contributed by atoms with E-state index in [-0.39, 0.29) is 17.8 Å². The van der Waals surface area contributed by atoms with Crippen LogP contribution >= 0.6 is 0 Å². The van der Waals surface area contributed by atoms with Crippen LogP contribution in [-0.2, 0) is 9.53 Å². The quantitative estimate of drug-likeness (QED) is 0.606. The van der Waals surface area contributed by atoms with Crippen molar-refractivity contribution in [3.05, 3.63) is 35.9 Å². The molecular formula is C15H18O3. The highest BCUT2D eigenvalue weighted by Gasteiger charge is 2.25. The van der Waals surface area contributed by atoms with E-state index in [0.29, 0.717) is 12.2 Å². The summed E-state index contributed by atoms with van der Waals surface area (Å²) in [6.07, 6.45) is 5.15. The lowest BCUT2D eigenvalue weighted by atomic mass is 9.80. The van der Waals surface area contributed by atoms with E-state index in [4.69, 9.17) is 4.74 Å². The molecule has 2 atom stereocenters. The number of carbonyl (C=O) groups excluding carboxylic acids is 2. The number of hydrogen-bond donors (Lipinski definition) is 0. The molecule has 96 valence electrons. The van der Waals surface area contributed by atoms with E-state index in [0.717, 1.165) is 32.0 Å². The van der Waals surface area contributed by atoms with E-state index in [1.54, 1.807) is 12.1 Å². The van der Waals surface area contributed by atoms with Crippen molar-refractivity contribution in [1.82, 2.24) is 0 Å². The highest BCUT2D eigenvalue weighted by Crippen LogP contribution is 2.28. The fourth-order valence-corrected chi connectivity index (χ4v) is 2.46. The van der Waals surface area contributed by atoms with Gasteiger partial charge in [-0.05, 0) is 25.0 Å². The van der Waals surface area contributed by atoms with Crippen molar-refractivity contribution < 1.29 is 14.3 Å². The summed E-state index contributed by atoms with van der Waals surface area (Å²) in [6, 6.07) is 8.96. The zero-order chi connectivity index (χ0) is 12.8. The normalized spacial score (nSPS) is 23.3. The maximum absolute atomic E-state index is 11.8. The standard InChI is InChI=1S/C15H18O3/c16-10-13-8-4-5-9-14(13)11-18-15(17)12-6-2-1-3-7-12/h1-3,6-7,10,13-14H,4-5,8-9,11H2. The van der Waals surface area contributed by atoms with E-state index < -0.39 is 0 Å². The first-order chi connectivity index (χ1) is 8.81. The maximum Gasteiger partial charge on any atom is 0.338 e. The van der Waals surface area contributed by atoms with Gasteiger partial charge in [0, 0.05) is 11.8 Å². The maximum atomic E-state index is 11.8. The molecule has 0 saturated heterocycles. The summed E-state index contributed by atoms with van der Waals surface area (Å²) in [7, 11) is 0. The van der Waals surface area contributed by atoms with Crippen molar-refractivity contribution in [1.29, 1.82) is 0 Å². The summed E-state index contributed by atoms with van der Waals surface area (Å²) in [5.41, 5.74) is 0.566. The second kappa shape index (κ2) is 6.34. The van der Waals surface area contributed by atoms with Crippen molar-refractivity contribution in [2.75, 3.05) is 6.61 Å². The van der Waals surface area contributed by atoms with Crippen LogP contribution in [0.4, 0.5) is 0 Å². The Morgan fingerprint density at radius 3 is 2.67 bits per heavy atom. The van der Waals surface area contributed by atoms with E-state index in [1.165, 1.54) is 0 Å². The predicted molar refractivity (Wildman–Crippen MR) is 68.2 cm³/mol. The molecule has 0 heterocycles. The fourth-order valence-electron chi connectivity index (χ4n) is 2.46. The van der Waals surface area contributed by atoms with E-state index >= 15 is 0 Å². The molecule has 1 aromatic rings. The lowest BCUT2D eigenvalue weighted by Crippen LogP contribution is -2.26. The lowest BCUT2D eigenvalue weighted by Gasteiger charge is -2.27. The molecule has 1 aromatic carbocycles. The second-order valence-electron chi connectivity index (χ2n) is 4.81. The highest BCUT2D eigenvalue weighted by atomic mass is 16.5. The third kappa shape index (κ3) is 3.19. The molecule has 2 unspecified atom stereocenters. The molecule has 0 N–H and O–H groups in total. The van der Waals surface area contributed by atoms with Crippen LogP contribution in [-0.4, -0.2) is 18.9 Å². The van der Waals surface area contributed by atoms with Gasteiger partial charge in [0.15, 0.2) is 0 Å². The van der Waals surface area contributed by atoms with Gasteiger partial charge in [0.2, 0.25) is 0 Å². The predicted octanol–water partition coefficient (Wildman–Crippen LogP) is 2.85. The molecule has 0 radical (unpaired) electrons. The average molecular weight is 246 g/mol. The Kier molecular flexibility index (Phi) is 4.51. The summed E-state index contributed by atoms with van der Waals surface area (Å²) in [5.74, 6) is -0.0444. The number of rotatable bonds is 4. The van der Waals surface area contributed by atoms with Crippen molar-refractivity contribution in [3.8, 4) is 0 Å². The molecule has 1 aliphatic rings. The Morgan fingerprint density at radius 1 is 1.22 bits per heavy atom. The van der Waals surface area contributed by atoms with Crippen molar-refractivity contribution in [2.24, 2.45) is 11.8 Å². The topological polar surface area (TPSA) is 43.4 Å². The molecule has 0 aromatic heterocycles. The van der Waals surface area contributed by atoms with Gasteiger partial charge in [-0.15, -0.1) is 0 Å². The highest BCUT2D eigenvalue weighted by molar-refractivity contribution is 5.89. The molecule has 0 spiro atoms. The van der Waals surface area contributed by atoms with Crippen LogP contribution in [0.2, 0.25) is 0 Å². The Morgan fingerprint density at radius 2 is 1.94 bits per heavy atom. The minimum atomic E-state index is -0.300. The molecule has 3 heteroatoms. The first-order valence-electron chi connectivity index (χ1n) is 6.48. The number of hydrogen-bond acceptors (Lipinski definition) is 3. The van der Waals surface area contributed by atoms with Gasteiger partial charge >= 0.3 is 5.97 Å². The smallest absolute Gasteiger partial charge is 0.338 e. The van der Waals surface area contributed by atoms with Crippen LogP contribution in [0.15, 0.2) is 30.3 Å². The Hall–Kier alpha value is -1.64. The fraction of sp³-hybridized carbons (Fsp3) is 0.467. The molecule has 1 fully saturated rings. The minimum absolute atomic E-state index is 0.0577. The van der Waals surface area contributed by atoms with Gasteiger partial charge < -0.3 is 9.53 Å². The van der Waals surface area contributed by atoms with Gasteiger partial charge in [0.1, 0.15) is 6.29 Å². The van der Waals surface area contributed by atoms with E-state index in [9.17, 15) is 9.59 Å². The Bertz CT molecular complexity index is 399. The summed E-state index contributed by atoms with van der Waals surface area (Å²) in [6.45, 7) is 0.358. The summed E-state index contributed by atoms with van der Waals surface area (Å²) >= 11 is 0. The molecule has 0 bridgehead atoms. The first kappa shape index (κ1) is 12.8. The zero-order valence-corrected chi connectivity index (χ0v) is 10.4. The molecule has 3 nitrogen and oxygen atoms in total. The van der Waals surface area contributed by atoms with Crippen LogP contribution in [0.3, 0.4) is 0 Å². The summed E-state index contributed by atoms with van der Waals surface area (Å²) in [4.78, 5) is 22.7. The van der Waals surface area contributed by atoms with Crippen molar-refractivity contribution in [2.45, 2.75) is 25.7 Å². The van der Waals surface area contributed by atoms with Crippen molar-refractivity contribution in [3.63, 3.8) is 0 Å². The number of aldehydes is 1. The number of ether oxygens (including phenoxy) is 1. The monoisotopic (exact) mass is 246 g/mol. The van der Waals surface area contributed by atoms with Crippen LogP contribution in [0.25, 0.3) is 0 Å². The van der Waals surface area contributed by atoms with Gasteiger partial charge in [-0.2, -0.15) is 0 Å². The third-order valence-corrected chi connectivity index (χ3v) is 3.58. The van der Waals surface area contributed by atoms with Crippen LogP contribution < -0.4 is 0 Å². The SMILES string of the molecule is O=CC1CCCCC1COC(=O)c1ccccc1. The first-order valence-corrected chi connectivity index (χ1v) is 6.48. The van der Waals surface area contributed by atoms with Crippen LogP contribution in [0.5, 0.6) is 0 Å². The molecule has 0 amide bonds. The summed E-state index contributed by atoms with van der Waals surface area (Å²) in [5, 5.41) is 0. The Balaban J connectivity index is 1.87. The van der Waals surface area contributed by atoms with E-state index in [2.05, 4.69) is 0 Å². The number of esters is 1. The second-order valence-corrected chi connectivity index (χ2v) is 4.81. The summed E-state index contributed by atoms with van der Waals surface area (Å²) < 4.78 is 5.30. The number of benzene rings is 1. The third-order valence-electron chi connectivity index (χ3n) is 3.58. The minimum Gasteiger partial charge on any atom is -0.462 e. The Labute approximate surface area is 107 Å². The van der Waals surface area contributed by atoms with Crippen molar-refractivity contribution >= 4 is 12.3 Å². The lowest BCUT2D eigenvalue weighted by molar-refractivity contribution is -0.114. The average Bonchev–Trinajstić information content (AvgIpc) is 2.46. The molecule has 2 rings (SSSR count). The van der Waals surface area contributed by atoms with Gasteiger partial charge in [-0.25, -0.2) is 4.79 Å². The van der Waals surface area contributed by atoms with Gasteiger partial charge in [0.05, 0.1) is 12.2 Å². The van der Waals surface area contributed by atoms with Gasteiger partial charge in [0.25, 0.3) is 0 Å². The molecule has 1 saturated carbocycles. The molecule has 18 heavy (non-hydrogen) atoms. The van der Waals surface area contributed by atoms with Gasteiger partial charge in [-0.1, -0.05) is 31.0 Å². The van der Waals surface area contributed by atoms with E-state index in [1.807, 2.05) is 18.2 Å². The largest absolute Gasteiger partial charge is 0.462 e. The molecule has 0 aliphatic heterocycles. The number of carbonyl (C=O) groups is 2. The van der Waals surface area contributed by atoms with Crippen LogP contribution in [0, 0.1) is 11.8 Å². The molecule has 1 aliphatic carbocycles. The van der Waals surface area contributed by atoms with Gasteiger partial charge in [-0.3, -0.25) is 0 Å².